The summed E-state index contributed by atoms with van der Waals surface area (Å²) >= 11 is 6.07. The monoisotopic (exact) mass is 317 g/mol. The number of hydrogen-bond acceptors (Lipinski definition) is 4. The maximum Gasteiger partial charge on any atom is 0.244 e. The third-order valence-corrected chi connectivity index (χ3v) is 5.69. The first-order chi connectivity index (χ1) is 9.45. The molecule has 2 heterocycles. The number of pyridine rings is 1. The lowest BCUT2D eigenvalue weighted by Gasteiger charge is -2.29. The summed E-state index contributed by atoms with van der Waals surface area (Å²) in [5, 5.41) is 3.32. The fraction of sp³-hybridized carbons (Fsp3) is 0.615. The normalized spacial score (nSPS) is 18.1. The molecule has 0 spiro atoms. The lowest BCUT2D eigenvalue weighted by Crippen LogP contribution is -2.37. The third-order valence-electron chi connectivity index (χ3n) is 3.54. The molecular formula is C13H20ClN3O2S. The van der Waals surface area contributed by atoms with E-state index in [1.807, 2.05) is 6.92 Å². The molecule has 1 fully saturated rings. The van der Waals surface area contributed by atoms with E-state index in [0.717, 1.165) is 12.8 Å². The van der Waals surface area contributed by atoms with Crippen molar-refractivity contribution in [1.82, 2.24) is 9.29 Å². The average molecular weight is 318 g/mol. The fourth-order valence-electron chi connectivity index (χ4n) is 2.23. The minimum Gasteiger partial charge on any atom is -0.369 e. The molecule has 20 heavy (non-hydrogen) atoms. The maximum atomic E-state index is 12.5. The van der Waals surface area contributed by atoms with Gasteiger partial charge in [-0.2, -0.15) is 4.31 Å². The highest BCUT2D eigenvalue weighted by atomic mass is 35.5. The van der Waals surface area contributed by atoms with Gasteiger partial charge in [-0.05, 0) is 31.7 Å². The lowest BCUT2D eigenvalue weighted by atomic mass is 10.0. The number of sulfonamides is 1. The molecule has 0 radical (unpaired) electrons. The molecular weight excluding hydrogens is 298 g/mol. The number of anilines is 1. The van der Waals surface area contributed by atoms with Crippen molar-refractivity contribution in [2.45, 2.75) is 31.6 Å². The van der Waals surface area contributed by atoms with Gasteiger partial charge in [0, 0.05) is 25.8 Å². The second kappa shape index (κ2) is 6.28. The smallest absolute Gasteiger partial charge is 0.244 e. The van der Waals surface area contributed by atoms with E-state index in [4.69, 9.17) is 11.6 Å². The zero-order chi connectivity index (χ0) is 14.8. The standard InChI is InChI=1S/C13H20ClN3O2S/c1-3-15-13-12(14)8-11(9-16-13)20(18,19)17-6-4-10(2)5-7-17/h8-10H,3-7H2,1-2H3,(H,15,16). The number of hydrogen-bond donors (Lipinski definition) is 1. The highest BCUT2D eigenvalue weighted by Gasteiger charge is 2.28. The van der Waals surface area contributed by atoms with Crippen molar-refractivity contribution in [2.75, 3.05) is 25.0 Å². The molecule has 2 rings (SSSR count). The van der Waals surface area contributed by atoms with Gasteiger partial charge in [-0.1, -0.05) is 18.5 Å². The van der Waals surface area contributed by atoms with Gasteiger partial charge in [-0.15, -0.1) is 0 Å². The summed E-state index contributed by atoms with van der Waals surface area (Å²) in [4.78, 5) is 4.26. The van der Waals surface area contributed by atoms with Gasteiger partial charge in [0.2, 0.25) is 10.0 Å². The molecule has 0 aliphatic carbocycles. The van der Waals surface area contributed by atoms with E-state index in [9.17, 15) is 8.42 Å². The molecule has 7 heteroatoms. The van der Waals surface area contributed by atoms with Crippen molar-refractivity contribution in [3.05, 3.63) is 17.3 Å². The van der Waals surface area contributed by atoms with Gasteiger partial charge in [-0.25, -0.2) is 13.4 Å². The van der Waals surface area contributed by atoms with Crippen LogP contribution < -0.4 is 5.32 Å². The summed E-state index contributed by atoms with van der Waals surface area (Å²) in [6, 6.07) is 1.47. The summed E-state index contributed by atoms with van der Waals surface area (Å²) in [5.74, 6) is 1.10. The van der Waals surface area contributed by atoms with Crippen LogP contribution in [0.4, 0.5) is 5.82 Å². The molecule has 1 aromatic rings. The second-order valence-electron chi connectivity index (χ2n) is 5.12. The van der Waals surface area contributed by atoms with Gasteiger partial charge in [-0.3, -0.25) is 0 Å². The Morgan fingerprint density at radius 1 is 1.45 bits per heavy atom. The van der Waals surface area contributed by atoms with Crippen LogP contribution in [-0.4, -0.2) is 37.3 Å². The number of halogens is 1. The predicted octanol–water partition coefficient (Wildman–Crippen LogP) is 2.59. The summed E-state index contributed by atoms with van der Waals surface area (Å²) in [6.07, 6.45) is 3.17. The summed E-state index contributed by atoms with van der Waals surface area (Å²) in [7, 11) is -3.48. The van der Waals surface area contributed by atoms with E-state index in [1.165, 1.54) is 16.6 Å². The van der Waals surface area contributed by atoms with Crippen molar-refractivity contribution in [3.63, 3.8) is 0 Å². The molecule has 0 amide bonds. The molecule has 1 saturated heterocycles. The molecule has 1 N–H and O–H groups in total. The average Bonchev–Trinajstić information content (AvgIpc) is 2.41. The lowest BCUT2D eigenvalue weighted by molar-refractivity contribution is 0.288. The summed E-state index contributed by atoms with van der Waals surface area (Å²) in [6.45, 7) is 5.89. The predicted molar refractivity (Wildman–Crippen MR) is 80.6 cm³/mol. The second-order valence-corrected chi connectivity index (χ2v) is 7.46. The van der Waals surface area contributed by atoms with E-state index in [-0.39, 0.29) is 4.90 Å². The van der Waals surface area contributed by atoms with E-state index < -0.39 is 10.0 Å². The highest BCUT2D eigenvalue weighted by molar-refractivity contribution is 7.89. The van der Waals surface area contributed by atoms with Gasteiger partial charge in [0.05, 0.1) is 5.02 Å². The molecule has 1 aliphatic rings. The Labute approximate surface area is 125 Å². The first-order valence-electron chi connectivity index (χ1n) is 6.84. The number of piperidine rings is 1. The van der Waals surface area contributed by atoms with Crippen molar-refractivity contribution < 1.29 is 8.42 Å². The molecule has 0 bridgehead atoms. The third kappa shape index (κ3) is 3.24. The SMILES string of the molecule is CCNc1ncc(S(=O)(=O)N2CCC(C)CC2)cc1Cl. The van der Waals surface area contributed by atoms with Crippen LogP contribution in [0.1, 0.15) is 26.7 Å². The Balaban J connectivity index is 2.23. The molecule has 0 atom stereocenters. The number of aromatic nitrogens is 1. The maximum absolute atomic E-state index is 12.5. The van der Waals surface area contributed by atoms with E-state index in [2.05, 4.69) is 17.2 Å². The van der Waals surface area contributed by atoms with Crippen molar-refractivity contribution in [2.24, 2.45) is 5.92 Å². The van der Waals surface area contributed by atoms with Gasteiger partial charge < -0.3 is 5.32 Å². The number of nitrogens with one attached hydrogen (secondary N) is 1. The van der Waals surface area contributed by atoms with Crippen LogP contribution >= 0.6 is 11.6 Å². The molecule has 1 aliphatic heterocycles. The van der Waals surface area contributed by atoms with Crippen molar-refractivity contribution >= 4 is 27.4 Å². The van der Waals surface area contributed by atoms with Crippen LogP contribution in [0.15, 0.2) is 17.2 Å². The summed E-state index contributed by atoms with van der Waals surface area (Å²) in [5.41, 5.74) is 0. The zero-order valence-electron chi connectivity index (χ0n) is 11.8. The minimum absolute atomic E-state index is 0.165. The van der Waals surface area contributed by atoms with E-state index in [1.54, 1.807) is 0 Å². The quantitative estimate of drug-likeness (QED) is 0.927. The number of rotatable bonds is 4. The Bertz CT molecular complexity index is 569. The fourth-order valence-corrected chi connectivity index (χ4v) is 3.97. The van der Waals surface area contributed by atoms with Gasteiger partial charge in [0.1, 0.15) is 10.7 Å². The van der Waals surface area contributed by atoms with Crippen LogP contribution in [-0.2, 0) is 10.0 Å². The van der Waals surface area contributed by atoms with Gasteiger partial charge in [0.15, 0.2) is 0 Å². The van der Waals surface area contributed by atoms with Crippen LogP contribution in [0, 0.1) is 5.92 Å². The molecule has 0 unspecified atom stereocenters. The Kier molecular flexibility index (Phi) is 4.88. The Morgan fingerprint density at radius 3 is 2.65 bits per heavy atom. The highest BCUT2D eigenvalue weighted by Crippen LogP contribution is 2.27. The largest absolute Gasteiger partial charge is 0.369 e. The first-order valence-corrected chi connectivity index (χ1v) is 8.66. The van der Waals surface area contributed by atoms with Crippen LogP contribution in [0.2, 0.25) is 5.02 Å². The van der Waals surface area contributed by atoms with Crippen molar-refractivity contribution in [1.29, 1.82) is 0 Å². The van der Waals surface area contributed by atoms with Gasteiger partial charge >= 0.3 is 0 Å². The molecule has 5 nitrogen and oxygen atoms in total. The van der Waals surface area contributed by atoms with E-state index >= 15 is 0 Å². The van der Waals surface area contributed by atoms with E-state index in [0.29, 0.717) is 36.4 Å². The minimum atomic E-state index is -3.48. The first kappa shape index (κ1) is 15.5. The van der Waals surface area contributed by atoms with Crippen molar-refractivity contribution in [3.8, 4) is 0 Å². The molecule has 112 valence electrons. The van der Waals surface area contributed by atoms with Crippen LogP contribution in [0.3, 0.4) is 0 Å². The molecule has 1 aromatic heterocycles. The molecule has 0 saturated carbocycles. The molecule has 0 aromatic carbocycles. The Morgan fingerprint density at radius 2 is 2.10 bits per heavy atom. The summed E-state index contributed by atoms with van der Waals surface area (Å²) < 4.78 is 26.6. The number of nitrogens with zero attached hydrogens (tertiary/aromatic N) is 2. The van der Waals surface area contributed by atoms with Crippen LogP contribution in [0.5, 0.6) is 0 Å². The zero-order valence-corrected chi connectivity index (χ0v) is 13.3. The van der Waals surface area contributed by atoms with Crippen LogP contribution in [0.25, 0.3) is 0 Å². The Hall–Kier alpha value is -0.850. The topological polar surface area (TPSA) is 62.3 Å². The van der Waals surface area contributed by atoms with Gasteiger partial charge in [0.25, 0.3) is 0 Å².